The van der Waals surface area contributed by atoms with Crippen LogP contribution in [0.4, 0.5) is 5.13 Å². The molecule has 2 aromatic rings. The summed E-state index contributed by atoms with van der Waals surface area (Å²) < 4.78 is 0. The van der Waals surface area contributed by atoms with E-state index in [1.54, 1.807) is 17.9 Å². The second-order valence-corrected chi connectivity index (χ2v) is 6.43. The Morgan fingerprint density at radius 1 is 1.29 bits per heavy atom. The van der Waals surface area contributed by atoms with Crippen molar-refractivity contribution in [2.45, 2.75) is 13.0 Å². The van der Waals surface area contributed by atoms with Gasteiger partial charge in [0.15, 0.2) is 5.01 Å². The summed E-state index contributed by atoms with van der Waals surface area (Å²) in [6.45, 7) is 2.13. The molecule has 2 rings (SSSR count). The van der Waals surface area contributed by atoms with Crippen molar-refractivity contribution >= 4 is 34.0 Å². The van der Waals surface area contributed by atoms with Crippen molar-refractivity contribution in [1.82, 2.24) is 15.1 Å². The predicted octanol–water partition coefficient (Wildman–Crippen LogP) is 1.47. The Hall–Kier alpha value is -1.58. The molecule has 24 heavy (non-hydrogen) atoms. The molecule has 7 nitrogen and oxygen atoms in total. The van der Waals surface area contributed by atoms with Gasteiger partial charge in [-0.15, -0.1) is 10.2 Å². The maximum Gasteiger partial charge on any atom is 0.243 e. The molecule has 0 bridgehead atoms. The lowest BCUT2D eigenvalue weighted by molar-refractivity contribution is -0.121. The number of rotatable bonds is 8. The van der Waals surface area contributed by atoms with Crippen LogP contribution in [-0.2, 0) is 4.79 Å². The number of aliphatic hydroxyl groups excluding tert-OH is 2. The van der Waals surface area contributed by atoms with E-state index in [9.17, 15) is 4.79 Å². The molecule has 0 aliphatic carbocycles. The van der Waals surface area contributed by atoms with Crippen LogP contribution in [0, 0.1) is 0 Å². The summed E-state index contributed by atoms with van der Waals surface area (Å²) in [6, 6.07) is 6.76. The number of carbonyl (C=O) groups excluding carboxylic acids is 1. The summed E-state index contributed by atoms with van der Waals surface area (Å²) in [5.74, 6) is -0.279. The molecule has 1 amide bonds. The number of hydrogen-bond donors (Lipinski definition) is 3. The smallest absolute Gasteiger partial charge is 0.243 e. The zero-order valence-corrected chi connectivity index (χ0v) is 14.7. The van der Waals surface area contributed by atoms with Crippen LogP contribution < -0.4 is 5.32 Å². The van der Waals surface area contributed by atoms with Gasteiger partial charge in [0.25, 0.3) is 0 Å². The maximum absolute atomic E-state index is 12.3. The molecule has 3 N–H and O–H groups in total. The lowest BCUT2D eigenvalue weighted by Gasteiger charge is -2.26. The normalized spacial score (nSPS) is 12.4. The van der Waals surface area contributed by atoms with Crippen molar-refractivity contribution in [3.63, 3.8) is 0 Å². The molecule has 1 heterocycles. The quantitative estimate of drug-likeness (QED) is 0.651. The van der Waals surface area contributed by atoms with E-state index >= 15 is 0 Å². The Labute approximate surface area is 148 Å². The molecule has 1 aromatic heterocycles. The number of aromatic nitrogens is 2. The summed E-state index contributed by atoms with van der Waals surface area (Å²) in [7, 11) is 0. The van der Waals surface area contributed by atoms with E-state index in [0.717, 1.165) is 5.56 Å². The standard InChI is InChI=1S/C15H19ClN4O3S/c1-10(20(6-8-21)7-9-22)13(23)17-15-19-18-14(24-15)11-4-2-3-5-12(11)16/h2-5,10,21-22H,6-9H2,1H3,(H,17,19,23). The van der Waals surface area contributed by atoms with Crippen LogP contribution in [0.2, 0.25) is 5.02 Å². The fourth-order valence-electron chi connectivity index (χ4n) is 2.15. The molecule has 0 radical (unpaired) electrons. The summed E-state index contributed by atoms with van der Waals surface area (Å²) in [6.07, 6.45) is 0. The van der Waals surface area contributed by atoms with Crippen LogP contribution in [0.5, 0.6) is 0 Å². The number of nitrogens with one attached hydrogen (secondary N) is 1. The minimum absolute atomic E-state index is 0.0902. The van der Waals surface area contributed by atoms with Crippen molar-refractivity contribution in [3.05, 3.63) is 29.3 Å². The van der Waals surface area contributed by atoms with E-state index in [4.69, 9.17) is 21.8 Å². The highest BCUT2D eigenvalue weighted by Crippen LogP contribution is 2.31. The third kappa shape index (κ3) is 4.71. The first kappa shape index (κ1) is 18.8. The van der Waals surface area contributed by atoms with E-state index in [2.05, 4.69) is 15.5 Å². The molecule has 0 saturated carbocycles. The zero-order chi connectivity index (χ0) is 17.5. The van der Waals surface area contributed by atoms with E-state index in [0.29, 0.717) is 28.3 Å². The summed E-state index contributed by atoms with van der Waals surface area (Å²) in [5, 5.41) is 30.4. The van der Waals surface area contributed by atoms with Gasteiger partial charge in [0, 0.05) is 18.7 Å². The Kier molecular flexibility index (Phi) is 7.07. The Morgan fingerprint density at radius 3 is 2.58 bits per heavy atom. The number of aliphatic hydroxyl groups is 2. The molecule has 1 unspecified atom stereocenters. The highest BCUT2D eigenvalue weighted by molar-refractivity contribution is 7.18. The lowest BCUT2D eigenvalue weighted by atomic mass is 10.2. The number of carbonyl (C=O) groups is 1. The third-order valence-electron chi connectivity index (χ3n) is 3.46. The van der Waals surface area contributed by atoms with Gasteiger partial charge in [0.2, 0.25) is 11.0 Å². The molecule has 0 aliphatic heterocycles. The average Bonchev–Trinajstić information content (AvgIpc) is 3.02. The molecular formula is C15H19ClN4O3S. The van der Waals surface area contributed by atoms with Gasteiger partial charge in [-0.05, 0) is 13.0 Å². The van der Waals surface area contributed by atoms with Crippen molar-refractivity contribution in [3.8, 4) is 10.6 Å². The van der Waals surface area contributed by atoms with Crippen molar-refractivity contribution in [2.24, 2.45) is 0 Å². The van der Waals surface area contributed by atoms with E-state index in [-0.39, 0.29) is 19.1 Å². The van der Waals surface area contributed by atoms with E-state index < -0.39 is 6.04 Å². The van der Waals surface area contributed by atoms with Gasteiger partial charge in [-0.2, -0.15) is 0 Å². The van der Waals surface area contributed by atoms with Gasteiger partial charge >= 0.3 is 0 Å². The summed E-state index contributed by atoms with van der Waals surface area (Å²) in [4.78, 5) is 14.0. The van der Waals surface area contributed by atoms with Crippen molar-refractivity contribution < 1.29 is 15.0 Å². The molecule has 1 aromatic carbocycles. The number of hydrogen-bond acceptors (Lipinski definition) is 7. The highest BCUT2D eigenvalue weighted by Gasteiger charge is 2.22. The number of nitrogens with zero attached hydrogens (tertiary/aromatic N) is 3. The van der Waals surface area contributed by atoms with Crippen molar-refractivity contribution in [1.29, 1.82) is 0 Å². The van der Waals surface area contributed by atoms with Crippen LogP contribution in [0.1, 0.15) is 6.92 Å². The second kappa shape index (κ2) is 9.05. The average molecular weight is 371 g/mol. The van der Waals surface area contributed by atoms with Crippen molar-refractivity contribution in [2.75, 3.05) is 31.6 Å². The number of halogens is 1. The second-order valence-electron chi connectivity index (χ2n) is 5.04. The van der Waals surface area contributed by atoms with Gasteiger partial charge in [-0.1, -0.05) is 41.1 Å². The largest absolute Gasteiger partial charge is 0.395 e. The van der Waals surface area contributed by atoms with Crippen LogP contribution in [-0.4, -0.2) is 63.6 Å². The monoisotopic (exact) mass is 370 g/mol. The molecule has 0 fully saturated rings. The van der Waals surface area contributed by atoms with Gasteiger partial charge in [0.05, 0.1) is 24.3 Å². The zero-order valence-electron chi connectivity index (χ0n) is 13.1. The van der Waals surface area contributed by atoms with Gasteiger partial charge in [-0.25, -0.2) is 0 Å². The number of amides is 1. The summed E-state index contributed by atoms with van der Waals surface area (Å²) in [5.41, 5.74) is 0.757. The molecule has 1 atom stereocenters. The fourth-order valence-corrected chi connectivity index (χ4v) is 3.22. The molecular weight excluding hydrogens is 352 g/mol. The number of anilines is 1. The SMILES string of the molecule is CC(C(=O)Nc1nnc(-c2ccccc2Cl)s1)N(CCO)CCO. The third-order valence-corrected chi connectivity index (χ3v) is 4.66. The Morgan fingerprint density at radius 2 is 1.96 bits per heavy atom. The first-order valence-corrected chi connectivity index (χ1v) is 8.61. The molecule has 0 aliphatic rings. The van der Waals surface area contributed by atoms with Gasteiger partial charge in [0.1, 0.15) is 0 Å². The first-order valence-electron chi connectivity index (χ1n) is 7.42. The van der Waals surface area contributed by atoms with E-state index in [1.807, 2.05) is 18.2 Å². The predicted molar refractivity (Wildman–Crippen MR) is 94.2 cm³/mol. The topological polar surface area (TPSA) is 98.6 Å². The van der Waals surface area contributed by atoms with E-state index in [1.165, 1.54) is 11.3 Å². The fraction of sp³-hybridized carbons (Fsp3) is 0.400. The van der Waals surface area contributed by atoms with Gasteiger partial charge in [-0.3, -0.25) is 15.0 Å². The first-order chi connectivity index (χ1) is 11.6. The minimum atomic E-state index is -0.517. The van der Waals surface area contributed by atoms with Crippen LogP contribution in [0.3, 0.4) is 0 Å². The Balaban J connectivity index is 2.06. The molecule has 0 spiro atoms. The van der Waals surface area contributed by atoms with Gasteiger partial charge < -0.3 is 10.2 Å². The minimum Gasteiger partial charge on any atom is -0.395 e. The highest BCUT2D eigenvalue weighted by atomic mass is 35.5. The molecule has 0 saturated heterocycles. The lowest BCUT2D eigenvalue weighted by Crippen LogP contribution is -2.44. The Bertz CT molecular complexity index is 676. The molecule has 9 heteroatoms. The number of benzene rings is 1. The molecule has 130 valence electrons. The van der Waals surface area contributed by atoms with Crippen LogP contribution in [0.15, 0.2) is 24.3 Å². The van der Waals surface area contributed by atoms with Crippen LogP contribution in [0.25, 0.3) is 10.6 Å². The summed E-state index contributed by atoms with van der Waals surface area (Å²) >= 11 is 7.36. The maximum atomic E-state index is 12.3. The van der Waals surface area contributed by atoms with Crippen LogP contribution >= 0.6 is 22.9 Å².